The fourth-order valence-electron chi connectivity index (χ4n) is 4.56. The quantitative estimate of drug-likeness (QED) is 0.666. The van der Waals surface area contributed by atoms with Crippen LogP contribution in [0.4, 0.5) is 5.82 Å². The number of aromatic nitrogens is 2. The Kier molecular flexibility index (Phi) is 5.42. The highest BCUT2D eigenvalue weighted by atomic mass is 16.5. The summed E-state index contributed by atoms with van der Waals surface area (Å²) in [7, 11) is 0. The van der Waals surface area contributed by atoms with Crippen molar-refractivity contribution in [2.45, 2.75) is 63.8 Å². The van der Waals surface area contributed by atoms with E-state index in [2.05, 4.69) is 10.3 Å². The standard InChI is InChI=1S/C21H27N3O5/c1-11-15-9-22-19(23-16-5-6-29-10-18(16)27)8-17(15)24(13-3-4-14(26)7-13)21(28)20(11)12(2)25/h8-9,13-14,16,18,26-27H,3-7,10H2,1-2H3,(H,22,23)/t13-,14-,16+,18+/m0/s1. The Morgan fingerprint density at radius 1 is 1.31 bits per heavy atom. The fourth-order valence-corrected chi connectivity index (χ4v) is 4.56. The third-order valence-corrected chi connectivity index (χ3v) is 6.11. The average Bonchev–Trinajstić information content (AvgIpc) is 3.09. The van der Waals surface area contributed by atoms with Crippen molar-refractivity contribution < 1.29 is 19.7 Å². The maximum absolute atomic E-state index is 13.3. The van der Waals surface area contributed by atoms with Crippen LogP contribution < -0.4 is 10.9 Å². The number of carbonyl (C=O) groups excluding carboxylic acids is 1. The number of Topliss-reactive ketones (excluding diaryl/α,β-unsaturated/α-hetero) is 1. The number of aliphatic hydroxyl groups excluding tert-OH is 2. The van der Waals surface area contributed by atoms with Crippen LogP contribution in [-0.2, 0) is 4.74 Å². The molecule has 3 heterocycles. The molecule has 3 N–H and O–H groups in total. The molecule has 8 nitrogen and oxygen atoms in total. The van der Waals surface area contributed by atoms with Crippen LogP contribution in [0, 0.1) is 6.92 Å². The van der Waals surface area contributed by atoms with E-state index in [0.717, 1.165) is 5.39 Å². The topological polar surface area (TPSA) is 114 Å². The van der Waals surface area contributed by atoms with Crippen molar-refractivity contribution in [2.24, 2.45) is 0 Å². The molecule has 1 aliphatic carbocycles. The van der Waals surface area contributed by atoms with Crippen LogP contribution in [0.25, 0.3) is 10.9 Å². The molecule has 1 aliphatic heterocycles. The van der Waals surface area contributed by atoms with Crippen molar-refractivity contribution in [2.75, 3.05) is 18.5 Å². The number of hydrogen-bond acceptors (Lipinski definition) is 7. The van der Waals surface area contributed by atoms with Crippen molar-refractivity contribution >= 4 is 22.5 Å². The number of ether oxygens (including phenoxy) is 1. The molecule has 0 aromatic carbocycles. The van der Waals surface area contributed by atoms with E-state index in [0.29, 0.717) is 49.2 Å². The minimum atomic E-state index is -0.629. The van der Waals surface area contributed by atoms with E-state index in [1.807, 2.05) is 0 Å². The maximum Gasteiger partial charge on any atom is 0.262 e. The molecule has 0 spiro atoms. The van der Waals surface area contributed by atoms with E-state index in [-0.39, 0.29) is 35.6 Å². The third kappa shape index (κ3) is 3.68. The monoisotopic (exact) mass is 401 g/mol. The van der Waals surface area contributed by atoms with Gasteiger partial charge in [-0.15, -0.1) is 0 Å². The number of fused-ring (bicyclic) bond motifs is 1. The zero-order valence-electron chi connectivity index (χ0n) is 16.7. The first-order chi connectivity index (χ1) is 13.9. The lowest BCUT2D eigenvalue weighted by Crippen LogP contribution is -2.42. The second-order valence-electron chi connectivity index (χ2n) is 8.12. The first-order valence-corrected chi connectivity index (χ1v) is 10.1. The highest BCUT2D eigenvalue weighted by Gasteiger charge is 2.29. The van der Waals surface area contributed by atoms with Gasteiger partial charge in [0.25, 0.3) is 5.56 Å². The number of nitrogens with zero attached hydrogens (tertiary/aromatic N) is 2. The number of aryl methyl sites for hydroxylation is 1. The first-order valence-electron chi connectivity index (χ1n) is 10.1. The second kappa shape index (κ2) is 7.85. The Morgan fingerprint density at radius 2 is 2.10 bits per heavy atom. The molecule has 0 amide bonds. The number of rotatable bonds is 4. The Balaban J connectivity index is 1.84. The number of carbonyl (C=O) groups is 1. The highest BCUT2D eigenvalue weighted by molar-refractivity contribution is 6.00. The molecule has 4 atom stereocenters. The summed E-state index contributed by atoms with van der Waals surface area (Å²) in [6.07, 6.45) is 3.06. The number of anilines is 1. The van der Waals surface area contributed by atoms with Gasteiger partial charge in [0, 0.05) is 30.3 Å². The molecule has 4 rings (SSSR count). The Hall–Kier alpha value is -2.29. The van der Waals surface area contributed by atoms with Crippen LogP contribution in [0.3, 0.4) is 0 Å². The SMILES string of the molecule is CC(=O)c1c(C)c2cnc(N[C@@H]3CCOC[C@H]3O)cc2n([C@H]2CC[C@H](O)C2)c1=O. The van der Waals surface area contributed by atoms with E-state index >= 15 is 0 Å². The van der Waals surface area contributed by atoms with Crippen molar-refractivity contribution in [1.29, 1.82) is 0 Å². The van der Waals surface area contributed by atoms with Gasteiger partial charge >= 0.3 is 0 Å². The van der Waals surface area contributed by atoms with Gasteiger partial charge in [-0.25, -0.2) is 4.98 Å². The van der Waals surface area contributed by atoms with Gasteiger partial charge in [-0.05, 0) is 45.1 Å². The number of aliphatic hydroxyl groups is 2. The predicted molar refractivity (Wildman–Crippen MR) is 108 cm³/mol. The smallest absolute Gasteiger partial charge is 0.262 e. The fraction of sp³-hybridized carbons (Fsp3) is 0.571. The molecule has 2 fully saturated rings. The van der Waals surface area contributed by atoms with Gasteiger partial charge in [0.1, 0.15) is 5.82 Å². The summed E-state index contributed by atoms with van der Waals surface area (Å²) in [4.78, 5) is 29.9. The van der Waals surface area contributed by atoms with Crippen LogP contribution in [-0.4, -0.2) is 57.0 Å². The molecule has 2 aromatic heterocycles. The van der Waals surface area contributed by atoms with Gasteiger partial charge in [-0.3, -0.25) is 9.59 Å². The minimum Gasteiger partial charge on any atom is -0.393 e. The normalized spacial score (nSPS) is 27.3. The van der Waals surface area contributed by atoms with Crippen molar-refractivity contribution in [3.8, 4) is 0 Å². The summed E-state index contributed by atoms with van der Waals surface area (Å²) < 4.78 is 6.93. The molecular weight excluding hydrogens is 374 g/mol. The predicted octanol–water partition coefficient (Wildman–Crippen LogP) is 1.56. The highest BCUT2D eigenvalue weighted by Crippen LogP contribution is 2.33. The number of pyridine rings is 2. The van der Waals surface area contributed by atoms with Gasteiger partial charge in [-0.2, -0.15) is 0 Å². The molecule has 156 valence electrons. The molecule has 1 saturated carbocycles. The van der Waals surface area contributed by atoms with Crippen LogP contribution in [0.2, 0.25) is 0 Å². The van der Waals surface area contributed by atoms with Crippen LogP contribution >= 0.6 is 0 Å². The zero-order valence-corrected chi connectivity index (χ0v) is 16.7. The summed E-state index contributed by atoms with van der Waals surface area (Å²) in [5, 5.41) is 24.2. The van der Waals surface area contributed by atoms with Crippen LogP contribution in [0.1, 0.15) is 54.6 Å². The molecule has 29 heavy (non-hydrogen) atoms. The summed E-state index contributed by atoms with van der Waals surface area (Å²) in [5.41, 5.74) is 1.18. The third-order valence-electron chi connectivity index (χ3n) is 6.11. The zero-order chi connectivity index (χ0) is 20.7. The van der Waals surface area contributed by atoms with Crippen molar-refractivity contribution in [3.63, 3.8) is 0 Å². The van der Waals surface area contributed by atoms with E-state index in [1.165, 1.54) is 6.92 Å². The largest absolute Gasteiger partial charge is 0.393 e. The lowest BCUT2D eigenvalue weighted by molar-refractivity contribution is -0.0135. The lowest BCUT2D eigenvalue weighted by atomic mass is 10.0. The molecule has 0 radical (unpaired) electrons. The van der Waals surface area contributed by atoms with Crippen molar-refractivity contribution in [3.05, 3.63) is 33.7 Å². The molecule has 0 bridgehead atoms. The summed E-state index contributed by atoms with van der Waals surface area (Å²) >= 11 is 0. The maximum atomic E-state index is 13.3. The molecule has 8 heteroatoms. The Morgan fingerprint density at radius 3 is 2.76 bits per heavy atom. The van der Waals surface area contributed by atoms with Gasteiger partial charge in [0.2, 0.25) is 0 Å². The molecule has 2 aliphatic rings. The Labute approximate surface area is 168 Å². The van der Waals surface area contributed by atoms with E-state index in [9.17, 15) is 19.8 Å². The average molecular weight is 401 g/mol. The van der Waals surface area contributed by atoms with Gasteiger partial charge in [-0.1, -0.05) is 0 Å². The second-order valence-corrected chi connectivity index (χ2v) is 8.12. The van der Waals surface area contributed by atoms with E-state index < -0.39 is 12.2 Å². The van der Waals surface area contributed by atoms with Crippen LogP contribution in [0.5, 0.6) is 0 Å². The summed E-state index contributed by atoms with van der Waals surface area (Å²) in [6.45, 7) is 4.01. The number of hydrogen-bond donors (Lipinski definition) is 3. The van der Waals surface area contributed by atoms with Crippen molar-refractivity contribution in [1.82, 2.24) is 9.55 Å². The van der Waals surface area contributed by atoms with E-state index in [1.54, 1.807) is 23.8 Å². The minimum absolute atomic E-state index is 0.164. The van der Waals surface area contributed by atoms with Gasteiger partial charge in [0.15, 0.2) is 5.78 Å². The van der Waals surface area contributed by atoms with E-state index in [4.69, 9.17) is 4.74 Å². The molecular formula is C21H27N3O5. The Bertz CT molecular complexity index is 1000. The molecule has 1 saturated heterocycles. The van der Waals surface area contributed by atoms with Gasteiger partial charge < -0.3 is 24.8 Å². The molecule has 2 aromatic rings. The first kappa shape index (κ1) is 20.0. The van der Waals surface area contributed by atoms with Gasteiger partial charge in [0.05, 0.1) is 35.9 Å². The number of ketones is 1. The summed E-state index contributed by atoms with van der Waals surface area (Å²) in [5.74, 6) is 0.291. The summed E-state index contributed by atoms with van der Waals surface area (Å²) in [6, 6.07) is 1.46. The number of nitrogens with one attached hydrogen (secondary N) is 1. The van der Waals surface area contributed by atoms with Crippen LogP contribution in [0.15, 0.2) is 17.1 Å². The lowest BCUT2D eigenvalue weighted by Gasteiger charge is -2.29. The molecule has 0 unspecified atom stereocenters.